The highest BCUT2D eigenvalue weighted by molar-refractivity contribution is 5.76. The van der Waals surface area contributed by atoms with Crippen LogP contribution < -0.4 is 5.56 Å². The summed E-state index contributed by atoms with van der Waals surface area (Å²) in [6.07, 6.45) is 1.43. The molecular weight excluding hydrogens is 222 g/mol. The first-order valence-electron chi connectivity index (χ1n) is 5.29. The number of aryl methyl sites for hydroxylation is 1. The molecule has 88 valence electrons. The van der Waals surface area contributed by atoms with Gasteiger partial charge in [0.2, 0.25) is 0 Å². The van der Waals surface area contributed by atoms with Gasteiger partial charge in [-0.1, -0.05) is 13.3 Å². The van der Waals surface area contributed by atoms with Crippen molar-refractivity contribution < 1.29 is 4.92 Å². The number of hydrogen-bond donors (Lipinski definition) is 1. The normalized spacial score (nSPS) is 10.6. The van der Waals surface area contributed by atoms with E-state index in [-0.39, 0.29) is 11.2 Å². The molecule has 0 saturated carbocycles. The predicted molar refractivity (Wildman–Crippen MR) is 63.0 cm³/mol. The van der Waals surface area contributed by atoms with Crippen LogP contribution in [0.3, 0.4) is 0 Å². The molecule has 0 spiro atoms. The highest BCUT2D eigenvalue weighted by Crippen LogP contribution is 2.16. The molecule has 0 aliphatic heterocycles. The van der Waals surface area contributed by atoms with Crippen LogP contribution in [-0.2, 0) is 6.42 Å². The lowest BCUT2D eigenvalue weighted by Gasteiger charge is -2.00. The first-order chi connectivity index (χ1) is 8.11. The van der Waals surface area contributed by atoms with Gasteiger partial charge in [0.1, 0.15) is 5.69 Å². The van der Waals surface area contributed by atoms with Crippen molar-refractivity contribution in [2.75, 3.05) is 0 Å². The Labute approximate surface area is 96.5 Å². The minimum Gasteiger partial charge on any atom is -0.319 e. The number of hydrogen-bond acceptors (Lipinski definition) is 4. The van der Waals surface area contributed by atoms with Crippen LogP contribution in [0.1, 0.15) is 19.0 Å². The molecule has 0 saturated heterocycles. The third-order valence-electron chi connectivity index (χ3n) is 2.44. The molecule has 2 rings (SSSR count). The van der Waals surface area contributed by atoms with Crippen molar-refractivity contribution in [3.8, 4) is 0 Å². The molecule has 0 amide bonds. The topological polar surface area (TPSA) is 88.9 Å². The molecule has 0 bridgehead atoms. The lowest BCUT2D eigenvalue weighted by molar-refractivity contribution is -0.384. The summed E-state index contributed by atoms with van der Waals surface area (Å²) in [5, 5.41) is 10.6. The number of fused-ring (bicyclic) bond motifs is 1. The Morgan fingerprint density at radius 2 is 2.24 bits per heavy atom. The zero-order valence-corrected chi connectivity index (χ0v) is 9.27. The van der Waals surface area contributed by atoms with Gasteiger partial charge < -0.3 is 4.98 Å². The second-order valence-electron chi connectivity index (χ2n) is 3.72. The van der Waals surface area contributed by atoms with E-state index in [1.807, 2.05) is 6.92 Å². The standard InChI is InChI=1S/C11H11N3O3/c1-2-3-9-11(15)13-10-6-7(14(16)17)4-5-8(10)12-9/h4-6H,2-3H2,1H3,(H,13,15). The maximum Gasteiger partial charge on any atom is 0.271 e. The maximum absolute atomic E-state index is 11.6. The van der Waals surface area contributed by atoms with Crippen molar-refractivity contribution in [3.05, 3.63) is 44.4 Å². The second kappa shape index (κ2) is 4.32. The second-order valence-corrected chi connectivity index (χ2v) is 3.72. The summed E-state index contributed by atoms with van der Waals surface area (Å²) in [6, 6.07) is 4.24. The first-order valence-corrected chi connectivity index (χ1v) is 5.29. The van der Waals surface area contributed by atoms with E-state index in [9.17, 15) is 14.9 Å². The third kappa shape index (κ3) is 2.15. The Kier molecular flexibility index (Phi) is 2.86. The largest absolute Gasteiger partial charge is 0.319 e. The summed E-state index contributed by atoms with van der Waals surface area (Å²) in [4.78, 5) is 28.5. The van der Waals surface area contributed by atoms with E-state index >= 15 is 0 Å². The van der Waals surface area contributed by atoms with Crippen LogP contribution >= 0.6 is 0 Å². The molecule has 6 heteroatoms. The number of aromatic nitrogens is 2. The molecule has 1 aromatic heterocycles. The number of aromatic amines is 1. The Balaban J connectivity index is 2.62. The Morgan fingerprint density at radius 1 is 1.47 bits per heavy atom. The summed E-state index contributed by atoms with van der Waals surface area (Å²) >= 11 is 0. The van der Waals surface area contributed by atoms with E-state index < -0.39 is 4.92 Å². The summed E-state index contributed by atoms with van der Waals surface area (Å²) in [6.45, 7) is 1.96. The van der Waals surface area contributed by atoms with E-state index in [1.54, 1.807) is 6.07 Å². The molecule has 0 aliphatic rings. The minimum atomic E-state index is -0.502. The highest BCUT2D eigenvalue weighted by Gasteiger charge is 2.09. The smallest absolute Gasteiger partial charge is 0.271 e. The predicted octanol–water partition coefficient (Wildman–Crippen LogP) is 1.78. The molecule has 0 aliphatic carbocycles. The van der Waals surface area contributed by atoms with Crippen LogP contribution in [0.15, 0.2) is 23.0 Å². The Hall–Kier alpha value is -2.24. The summed E-state index contributed by atoms with van der Waals surface area (Å²) in [5.74, 6) is 0. The van der Waals surface area contributed by atoms with Crippen molar-refractivity contribution in [1.82, 2.24) is 9.97 Å². The van der Waals surface area contributed by atoms with Crippen LogP contribution in [0, 0.1) is 10.1 Å². The van der Waals surface area contributed by atoms with E-state index in [0.29, 0.717) is 23.1 Å². The first kappa shape index (κ1) is 11.3. The van der Waals surface area contributed by atoms with Crippen molar-refractivity contribution >= 4 is 16.7 Å². The van der Waals surface area contributed by atoms with Gasteiger partial charge in [-0.15, -0.1) is 0 Å². The van der Waals surface area contributed by atoms with Crippen molar-refractivity contribution in [3.63, 3.8) is 0 Å². The van der Waals surface area contributed by atoms with Gasteiger partial charge in [0.15, 0.2) is 0 Å². The van der Waals surface area contributed by atoms with Crippen LogP contribution in [0.5, 0.6) is 0 Å². The fourth-order valence-corrected chi connectivity index (χ4v) is 1.63. The molecule has 0 atom stereocenters. The molecule has 0 unspecified atom stereocenters. The average molecular weight is 233 g/mol. The molecule has 1 N–H and O–H groups in total. The lowest BCUT2D eigenvalue weighted by Crippen LogP contribution is -2.14. The van der Waals surface area contributed by atoms with E-state index in [1.165, 1.54) is 12.1 Å². The van der Waals surface area contributed by atoms with Gasteiger partial charge in [-0.2, -0.15) is 0 Å². The number of rotatable bonds is 3. The number of nitro benzene ring substituents is 1. The Bertz CT molecular complexity index is 633. The molecule has 17 heavy (non-hydrogen) atoms. The fourth-order valence-electron chi connectivity index (χ4n) is 1.63. The molecule has 2 aromatic rings. The van der Waals surface area contributed by atoms with Gasteiger partial charge in [0.05, 0.1) is 16.0 Å². The lowest BCUT2D eigenvalue weighted by atomic mass is 10.2. The van der Waals surface area contributed by atoms with Crippen LogP contribution in [-0.4, -0.2) is 14.9 Å². The minimum absolute atomic E-state index is 0.0572. The third-order valence-corrected chi connectivity index (χ3v) is 2.44. The van der Waals surface area contributed by atoms with Crippen LogP contribution in [0.2, 0.25) is 0 Å². The molecule has 6 nitrogen and oxygen atoms in total. The zero-order chi connectivity index (χ0) is 12.4. The van der Waals surface area contributed by atoms with E-state index in [4.69, 9.17) is 0 Å². The van der Waals surface area contributed by atoms with Gasteiger partial charge in [-0.3, -0.25) is 14.9 Å². The number of H-pyrrole nitrogens is 1. The van der Waals surface area contributed by atoms with Crippen LogP contribution in [0.25, 0.3) is 11.0 Å². The van der Waals surface area contributed by atoms with Crippen LogP contribution in [0.4, 0.5) is 5.69 Å². The Morgan fingerprint density at radius 3 is 2.88 bits per heavy atom. The molecule has 1 heterocycles. The molecule has 0 radical (unpaired) electrons. The fraction of sp³-hybridized carbons (Fsp3) is 0.273. The maximum atomic E-state index is 11.6. The monoisotopic (exact) mass is 233 g/mol. The zero-order valence-electron chi connectivity index (χ0n) is 9.27. The summed E-state index contributed by atoms with van der Waals surface area (Å²) in [7, 11) is 0. The summed E-state index contributed by atoms with van der Waals surface area (Å²) in [5.41, 5.74) is 1.09. The molecule has 1 aromatic carbocycles. The quantitative estimate of drug-likeness (QED) is 0.646. The average Bonchev–Trinajstić information content (AvgIpc) is 2.29. The SMILES string of the molecule is CCCc1nc2ccc([N+](=O)[O-])cc2[nH]c1=O. The van der Waals surface area contributed by atoms with Gasteiger partial charge in [-0.05, 0) is 12.5 Å². The summed E-state index contributed by atoms with van der Waals surface area (Å²) < 4.78 is 0. The highest BCUT2D eigenvalue weighted by atomic mass is 16.6. The van der Waals surface area contributed by atoms with Gasteiger partial charge >= 0.3 is 0 Å². The number of nitrogens with one attached hydrogen (secondary N) is 1. The molecular formula is C11H11N3O3. The van der Waals surface area contributed by atoms with E-state index in [2.05, 4.69) is 9.97 Å². The number of non-ortho nitro benzene ring substituents is 1. The molecule has 0 fully saturated rings. The number of benzene rings is 1. The number of nitrogens with zero attached hydrogens (tertiary/aromatic N) is 2. The van der Waals surface area contributed by atoms with Crippen molar-refractivity contribution in [2.45, 2.75) is 19.8 Å². The van der Waals surface area contributed by atoms with Gasteiger partial charge in [0.25, 0.3) is 11.2 Å². The van der Waals surface area contributed by atoms with Gasteiger partial charge in [0, 0.05) is 12.1 Å². The van der Waals surface area contributed by atoms with E-state index in [0.717, 1.165) is 6.42 Å². The number of nitro groups is 1. The van der Waals surface area contributed by atoms with Crippen molar-refractivity contribution in [2.24, 2.45) is 0 Å². The van der Waals surface area contributed by atoms with Crippen molar-refractivity contribution in [1.29, 1.82) is 0 Å². The van der Waals surface area contributed by atoms with Gasteiger partial charge in [-0.25, -0.2) is 4.98 Å².